The van der Waals surface area contributed by atoms with Crippen molar-refractivity contribution in [1.29, 1.82) is 0 Å². The number of halogens is 1. The second-order valence-electron chi connectivity index (χ2n) is 6.29. The van der Waals surface area contributed by atoms with Gasteiger partial charge in [0.15, 0.2) is 0 Å². The zero-order valence-corrected chi connectivity index (χ0v) is 13.1. The van der Waals surface area contributed by atoms with Gasteiger partial charge in [0.05, 0.1) is 5.41 Å². The van der Waals surface area contributed by atoms with Crippen molar-refractivity contribution in [2.75, 3.05) is 13.1 Å². The van der Waals surface area contributed by atoms with Crippen LogP contribution in [0.15, 0.2) is 24.3 Å². The number of rotatable bonds is 4. The summed E-state index contributed by atoms with van der Waals surface area (Å²) in [6.45, 7) is 1.11. The van der Waals surface area contributed by atoms with Crippen LogP contribution in [0.4, 0.5) is 4.79 Å². The number of primary amides is 1. The van der Waals surface area contributed by atoms with Crippen LogP contribution in [0.5, 0.6) is 0 Å². The summed E-state index contributed by atoms with van der Waals surface area (Å²) >= 11 is 6.20. The van der Waals surface area contributed by atoms with E-state index in [1.165, 1.54) is 0 Å². The molecule has 0 radical (unpaired) electrons. The second kappa shape index (κ2) is 5.80. The molecule has 0 bridgehead atoms. The SMILES string of the molecule is NC(=O)N1CC[C@@H](NC(=O)C2(Cc3ccccc3Cl)CC2)C1. The van der Waals surface area contributed by atoms with Crippen LogP contribution in [0.2, 0.25) is 5.02 Å². The molecule has 3 N–H and O–H groups in total. The van der Waals surface area contributed by atoms with Crippen LogP contribution in [0.3, 0.4) is 0 Å². The highest BCUT2D eigenvalue weighted by Gasteiger charge is 2.50. The molecule has 5 nitrogen and oxygen atoms in total. The number of hydrogen-bond acceptors (Lipinski definition) is 2. The molecule has 2 fully saturated rings. The molecular formula is C16H20ClN3O2. The van der Waals surface area contributed by atoms with Gasteiger partial charge in [0.1, 0.15) is 0 Å². The molecule has 0 unspecified atom stereocenters. The maximum Gasteiger partial charge on any atom is 0.314 e. The van der Waals surface area contributed by atoms with Crippen molar-refractivity contribution in [2.24, 2.45) is 11.1 Å². The summed E-state index contributed by atoms with van der Waals surface area (Å²) in [6, 6.07) is 7.24. The normalized spacial score (nSPS) is 22.4. The Morgan fingerprint density at radius 1 is 1.36 bits per heavy atom. The molecule has 1 saturated carbocycles. The predicted octanol–water partition coefficient (Wildman–Crippen LogP) is 1.93. The maximum atomic E-state index is 12.6. The van der Waals surface area contributed by atoms with Crippen molar-refractivity contribution in [3.8, 4) is 0 Å². The van der Waals surface area contributed by atoms with Gasteiger partial charge in [0.2, 0.25) is 5.91 Å². The Morgan fingerprint density at radius 3 is 2.68 bits per heavy atom. The predicted molar refractivity (Wildman–Crippen MR) is 84.5 cm³/mol. The van der Waals surface area contributed by atoms with Crippen molar-refractivity contribution in [3.63, 3.8) is 0 Å². The molecule has 0 aromatic heterocycles. The van der Waals surface area contributed by atoms with Crippen LogP contribution in [0, 0.1) is 5.41 Å². The fourth-order valence-corrected chi connectivity index (χ4v) is 3.26. The van der Waals surface area contributed by atoms with E-state index in [-0.39, 0.29) is 17.4 Å². The Hall–Kier alpha value is -1.75. The van der Waals surface area contributed by atoms with E-state index in [4.69, 9.17) is 17.3 Å². The molecule has 1 saturated heterocycles. The third-order valence-electron chi connectivity index (χ3n) is 4.66. The van der Waals surface area contributed by atoms with Crippen LogP contribution in [0.1, 0.15) is 24.8 Å². The average Bonchev–Trinajstić information content (AvgIpc) is 3.11. The number of carbonyl (C=O) groups is 2. The van der Waals surface area contributed by atoms with Crippen LogP contribution < -0.4 is 11.1 Å². The molecule has 22 heavy (non-hydrogen) atoms. The molecule has 118 valence electrons. The highest BCUT2D eigenvalue weighted by Crippen LogP contribution is 2.49. The fourth-order valence-electron chi connectivity index (χ4n) is 3.06. The van der Waals surface area contributed by atoms with Gasteiger partial charge in [-0.05, 0) is 37.3 Å². The lowest BCUT2D eigenvalue weighted by Crippen LogP contribution is -2.43. The molecule has 1 aromatic rings. The Bertz CT molecular complexity index is 601. The Kier molecular flexibility index (Phi) is 4.00. The zero-order chi connectivity index (χ0) is 15.7. The minimum absolute atomic E-state index is 0.00344. The van der Waals surface area contributed by atoms with Gasteiger partial charge in [-0.25, -0.2) is 4.79 Å². The molecule has 3 rings (SSSR count). The van der Waals surface area contributed by atoms with E-state index >= 15 is 0 Å². The van der Waals surface area contributed by atoms with Gasteiger partial charge in [-0.3, -0.25) is 4.79 Å². The minimum Gasteiger partial charge on any atom is -0.351 e. The number of hydrogen-bond donors (Lipinski definition) is 2. The summed E-state index contributed by atoms with van der Waals surface area (Å²) in [5.41, 5.74) is 5.95. The molecule has 1 heterocycles. The first-order chi connectivity index (χ1) is 10.5. The first-order valence-corrected chi connectivity index (χ1v) is 7.97. The van der Waals surface area contributed by atoms with Gasteiger partial charge in [-0.2, -0.15) is 0 Å². The van der Waals surface area contributed by atoms with Crippen LogP contribution in [-0.4, -0.2) is 36.0 Å². The molecule has 1 aliphatic heterocycles. The van der Waals surface area contributed by atoms with E-state index in [9.17, 15) is 9.59 Å². The molecule has 3 amide bonds. The number of benzene rings is 1. The summed E-state index contributed by atoms with van der Waals surface area (Å²) in [4.78, 5) is 25.3. The summed E-state index contributed by atoms with van der Waals surface area (Å²) in [5.74, 6) is 0.0729. The summed E-state index contributed by atoms with van der Waals surface area (Å²) in [5, 5.41) is 3.79. The van der Waals surface area contributed by atoms with Gasteiger partial charge >= 0.3 is 6.03 Å². The number of carbonyl (C=O) groups excluding carboxylic acids is 2. The monoisotopic (exact) mass is 321 g/mol. The fraction of sp³-hybridized carbons (Fsp3) is 0.500. The van der Waals surface area contributed by atoms with E-state index < -0.39 is 6.03 Å². The molecule has 0 spiro atoms. The van der Waals surface area contributed by atoms with Gasteiger partial charge in [0.25, 0.3) is 0 Å². The lowest BCUT2D eigenvalue weighted by atomic mass is 9.95. The van der Waals surface area contributed by atoms with E-state index in [0.717, 1.165) is 24.8 Å². The summed E-state index contributed by atoms with van der Waals surface area (Å²) in [6.07, 6.45) is 3.20. The standard InChI is InChI=1S/C16H20ClN3O2/c17-13-4-2-1-3-11(13)9-16(6-7-16)14(21)19-12-5-8-20(10-12)15(18)22/h1-4,12H,5-10H2,(H2,18,22)(H,19,21)/t12-/m1/s1. The van der Waals surface area contributed by atoms with Gasteiger partial charge in [-0.1, -0.05) is 29.8 Å². The van der Waals surface area contributed by atoms with E-state index in [1.807, 2.05) is 24.3 Å². The summed E-state index contributed by atoms with van der Waals surface area (Å²) in [7, 11) is 0. The van der Waals surface area contributed by atoms with Crippen LogP contribution in [0.25, 0.3) is 0 Å². The lowest BCUT2D eigenvalue weighted by Gasteiger charge is -2.20. The molecule has 1 aliphatic carbocycles. The number of amides is 3. The molecule has 1 atom stereocenters. The van der Waals surface area contributed by atoms with E-state index in [2.05, 4.69) is 5.32 Å². The Morgan fingerprint density at radius 2 is 2.09 bits per heavy atom. The number of nitrogens with one attached hydrogen (secondary N) is 1. The largest absolute Gasteiger partial charge is 0.351 e. The van der Waals surface area contributed by atoms with Crippen LogP contribution >= 0.6 is 11.6 Å². The third kappa shape index (κ3) is 3.04. The minimum atomic E-state index is -0.422. The highest BCUT2D eigenvalue weighted by molar-refractivity contribution is 6.31. The lowest BCUT2D eigenvalue weighted by molar-refractivity contribution is -0.127. The number of nitrogens with two attached hydrogens (primary N) is 1. The smallest absolute Gasteiger partial charge is 0.314 e. The van der Waals surface area contributed by atoms with Crippen molar-refractivity contribution in [2.45, 2.75) is 31.7 Å². The number of nitrogens with zero attached hydrogens (tertiary/aromatic N) is 1. The topological polar surface area (TPSA) is 75.4 Å². The first-order valence-electron chi connectivity index (χ1n) is 7.59. The zero-order valence-electron chi connectivity index (χ0n) is 12.3. The van der Waals surface area contributed by atoms with Crippen molar-refractivity contribution in [3.05, 3.63) is 34.9 Å². The maximum absolute atomic E-state index is 12.6. The van der Waals surface area contributed by atoms with E-state index in [1.54, 1.807) is 4.90 Å². The van der Waals surface area contributed by atoms with Gasteiger partial charge in [0, 0.05) is 24.2 Å². The first kappa shape index (κ1) is 15.2. The second-order valence-corrected chi connectivity index (χ2v) is 6.70. The Balaban J connectivity index is 1.60. The van der Waals surface area contributed by atoms with Crippen molar-refractivity contribution >= 4 is 23.5 Å². The van der Waals surface area contributed by atoms with Gasteiger partial charge < -0.3 is 16.0 Å². The van der Waals surface area contributed by atoms with Crippen LogP contribution in [-0.2, 0) is 11.2 Å². The quantitative estimate of drug-likeness (QED) is 0.889. The Labute approximate surface area is 134 Å². The molecular weight excluding hydrogens is 302 g/mol. The molecule has 2 aliphatic rings. The summed E-state index contributed by atoms with van der Waals surface area (Å²) < 4.78 is 0. The van der Waals surface area contributed by atoms with E-state index in [0.29, 0.717) is 24.5 Å². The third-order valence-corrected chi connectivity index (χ3v) is 5.03. The van der Waals surface area contributed by atoms with Crippen molar-refractivity contribution < 1.29 is 9.59 Å². The average molecular weight is 322 g/mol. The number of urea groups is 1. The van der Waals surface area contributed by atoms with Gasteiger partial charge in [-0.15, -0.1) is 0 Å². The molecule has 6 heteroatoms. The molecule has 1 aromatic carbocycles. The van der Waals surface area contributed by atoms with Crippen molar-refractivity contribution in [1.82, 2.24) is 10.2 Å². The number of likely N-dealkylation sites (tertiary alicyclic amines) is 1. The highest BCUT2D eigenvalue weighted by atomic mass is 35.5.